The van der Waals surface area contributed by atoms with Crippen molar-refractivity contribution in [3.05, 3.63) is 71.3 Å². The number of rotatable bonds is 8. The Morgan fingerprint density at radius 1 is 1.15 bits per heavy atom. The molecule has 2 saturated heterocycles. The highest BCUT2D eigenvalue weighted by Crippen LogP contribution is 2.35. The van der Waals surface area contributed by atoms with Crippen molar-refractivity contribution in [3.8, 4) is 5.75 Å². The van der Waals surface area contributed by atoms with Crippen LogP contribution in [-0.2, 0) is 16.1 Å². The minimum atomic E-state index is -0.0198. The average molecular weight is 479 g/mol. The summed E-state index contributed by atoms with van der Waals surface area (Å²) in [6.45, 7) is 2.80. The van der Waals surface area contributed by atoms with Crippen LogP contribution >= 0.6 is 24.0 Å². The predicted octanol–water partition coefficient (Wildman–Crippen LogP) is 5.49. The van der Waals surface area contributed by atoms with Crippen molar-refractivity contribution in [2.24, 2.45) is 0 Å². The van der Waals surface area contributed by atoms with E-state index in [1.807, 2.05) is 48.5 Å². The van der Waals surface area contributed by atoms with Gasteiger partial charge in [0.15, 0.2) is 0 Å². The molecule has 3 aromatic rings. The molecule has 0 bridgehead atoms. The zero-order valence-electron chi connectivity index (χ0n) is 18.3. The Morgan fingerprint density at radius 2 is 1.97 bits per heavy atom. The molecule has 2 fully saturated rings. The Labute approximate surface area is 203 Å². The summed E-state index contributed by atoms with van der Waals surface area (Å²) < 4.78 is 14.4. The van der Waals surface area contributed by atoms with Crippen molar-refractivity contribution in [2.75, 3.05) is 19.8 Å². The molecule has 2 aliphatic heterocycles. The summed E-state index contributed by atoms with van der Waals surface area (Å²) in [5.41, 5.74) is 2.19. The Kier molecular flexibility index (Phi) is 6.80. The number of aromatic nitrogens is 1. The molecule has 0 radical (unpaired) electrons. The number of hydrogen-bond acceptors (Lipinski definition) is 5. The van der Waals surface area contributed by atoms with Crippen LogP contribution in [0.4, 0.5) is 0 Å². The van der Waals surface area contributed by atoms with Gasteiger partial charge >= 0.3 is 0 Å². The fourth-order valence-electron chi connectivity index (χ4n) is 4.31. The lowest BCUT2D eigenvalue weighted by Crippen LogP contribution is -2.35. The van der Waals surface area contributed by atoms with Crippen molar-refractivity contribution < 1.29 is 14.3 Å². The summed E-state index contributed by atoms with van der Waals surface area (Å²) in [7, 11) is 0. The number of ether oxygens (including phenoxy) is 2. The van der Waals surface area contributed by atoms with E-state index < -0.39 is 0 Å². The number of para-hydroxylation sites is 2. The molecule has 5 rings (SSSR count). The maximum Gasteiger partial charge on any atom is 0.266 e. The number of carbonyl (C=O) groups excluding carboxylic acids is 1. The summed E-state index contributed by atoms with van der Waals surface area (Å²) in [5, 5.41) is 1.13. The first-order chi connectivity index (χ1) is 16.2. The van der Waals surface area contributed by atoms with Crippen molar-refractivity contribution in [2.45, 2.75) is 31.9 Å². The summed E-state index contributed by atoms with van der Waals surface area (Å²) in [6.07, 6.45) is 7.11. The van der Waals surface area contributed by atoms with Crippen LogP contribution < -0.4 is 4.74 Å². The van der Waals surface area contributed by atoms with Gasteiger partial charge < -0.3 is 14.0 Å². The van der Waals surface area contributed by atoms with Crippen molar-refractivity contribution in [1.29, 1.82) is 0 Å². The number of amides is 1. The molecule has 0 unspecified atom stereocenters. The maximum atomic E-state index is 13.1. The van der Waals surface area contributed by atoms with Crippen LogP contribution in [0.3, 0.4) is 0 Å². The highest BCUT2D eigenvalue weighted by atomic mass is 32.2. The number of aryl methyl sites for hydroxylation is 1. The number of fused-ring (bicyclic) bond motifs is 1. The molecule has 2 aliphatic rings. The molecule has 1 atom stereocenters. The van der Waals surface area contributed by atoms with Gasteiger partial charge in [0.2, 0.25) is 0 Å². The number of thioether (sulfide) groups is 1. The molecule has 0 aliphatic carbocycles. The monoisotopic (exact) mass is 478 g/mol. The summed E-state index contributed by atoms with van der Waals surface area (Å²) in [5.74, 6) is 0.870. The van der Waals surface area contributed by atoms with Crippen molar-refractivity contribution in [3.63, 3.8) is 0 Å². The molecule has 170 valence electrons. The Morgan fingerprint density at radius 3 is 2.79 bits per heavy atom. The van der Waals surface area contributed by atoms with E-state index in [0.717, 1.165) is 54.6 Å². The van der Waals surface area contributed by atoms with Crippen molar-refractivity contribution >= 4 is 51.2 Å². The van der Waals surface area contributed by atoms with Gasteiger partial charge in [-0.2, -0.15) is 0 Å². The second-order valence-corrected chi connectivity index (χ2v) is 9.91. The zero-order valence-corrected chi connectivity index (χ0v) is 19.9. The van der Waals surface area contributed by atoms with Crippen LogP contribution in [0.2, 0.25) is 0 Å². The van der Waals surface area contributed by atoms with E-state index in [0.29, 0.717) is 22.4 Å². The van der Waals surface area contributed by atoms with E-state index in [9.17, 15) is 4.79 Å². The third kappa shape index (κ3) is 5.00. The fourth-order valence-corrected chi connectivity index (χ4v) is 5.57. The standard InChI is InChI=1S/C26H26N2O3S2/c29-25-24(33-26(32)28(25)18-21-10-6-14-31-21)16-19-17-27(23-12-5-4-11-22(19)23)13-7-15-30-20-8-2-1-3-9-20/h1-5,8-9,11-12,16-17,21H,6-7,10,13-15,18H2/b24-16-/t21-/m1/s1. The second kappa shape index (κ2) is 10.1. The van der Waals surface area contributed by atoms with E-state index in [1.54, 1.807) is 4.90 Å². The SMILES string of the molecule is O=C1/C(=C/c2cn(CCCOc3ccccc3)c3ccccc23)SC(=S)N1C[C@H]1CCCO1. The summed E-state index contributed by atoms with van der Waals surface area (Å²) >= 11 is 6.89. The smallest absolute Gasteiger partial charge is 0.266 e. The highest BCUT2D eigenvalue weighted by Gasteiger charge is 2.34. The first-order valence-electron chi connectivity index (χ1n) is 11.3. The molecule has 7 heteroatoms. The van der Waals surface area contributed by atoms with Gasteiger partial charge in [-0.05, 0) is 43.5 Å². The first kappa shape index (κ1) is 22.2. The van der Waals surface area contributed by atoms with Gasteiger partial charge in [0.25, 0.3) is 5.91 Å². The fraction of sp³-hybridized carbons (Fsp3) is 0.308. The largest absolute Gasteiger partial charge is 0.494 e. The molecular weight excluding hydrogens is 452 g/mol. The number of thiocarbonyl (C=S) groups is 1. The third-order valence-corrected chi connectivity index (χ3v) is 7.32. The Balaban J connectivity index is 1.30. The average Bonchev–Trinajstić information content (AvgIpc) is 3.54. The predicted molar refractivity (Wildman–Crippen MR) is 137 cm³/mol. The van der Waals surface area contributed by atoms with E-state index in [2.05, 4.69) is 22.9 Å². The molecule has 0 spiro atoms. The van der Waals surface area contributed by atoms with Crippen LogP contribution in [0.5, 0.6) is 5.75 Å². The number of hydrogen-bond donors (Lipinski definition) is 0. The molecule has 33 heavy (non-hydrogen) atoms. The van der Waals surface area contributed by atoms with Gasteiger partial charge in [-0.1, -0.05) is 60.4 Å². The summed E-state index contributed by atoms with van der Waals surface area (Å²) in [4.78, 5) is 15.4. The van der Waals surface area contributed by atoms with Gasteiger partial charge in [0.05, 0.1) is 24.2 Å². The molecule has 3 heterocycles. The zero-order chi connectivity index (χ0) is 22.6. The number of carbonyl (C=O) groups is 1. The maximum absolute atomic E-state index is 13.1. The van der Waals surface area contributed by atoms with E-state index >= 15 is 0 Å². The lowest BCUT2D eigenvalue weighted by Gasteiger charge is -2.18. The molecular formula is C26H26N2O3S2. The highest BCUT2D eigenvalue weighted by molar-refractivity contribution is 8.26. The van der Waals surface area contributed by atoms with Crippen LogP contribution in [0, 0.1) is 0 Å². The van der Waals surface area contributed by atoms with Crippen LogP contribution in [0.15, 0.2) is 65.7 Å². The van der Waals surface area contributed by atoms with E-state index in [1.165, 1.54) is 11.8 Å². The lowest BCUT2D eigenvalue weighted by atomic mass is 10.1. The Bertz CT molecular complexity index is 1180. The Hall–Kier alpha value is -2.61. The second-order valence-electron chi connectivity index (χ2n) is 8.24. The number of benzene rings is 2. The van der Waals surface area contributed by atoms with Gasteiger partial charge in [-0.3, -0.25) is 9.69 Å². The van der Waals surface area contributed by atoms with Gasteiger partial charge in [-0.25, -0.2) is 0 Å². The van der Waals surface area contributed by atoms with Crippen molar-refractivity contribution in [1.82, 2.24) is 9.47 Å². The first-order valence-corrected chi connectivity index (χ1v) is 12.5. The quantitative estimate of drug-likeness (QED) is 0.243. The molecule has 1 aromatic heterocycles. The molecule has 5 nitrogen and oxygen atoms in total. The van der Waals surface area contributed by atoms with Crippen LogP contribution in [0.1, 0.15) is 24.8 Å². The van der Waals surface area contributed by atoms with E-state index in [4.69, 9.17) is 21.7 Å². The topological polar surface area (TPSA) is 43.7 Å². The van der Waals surface area contributed by atoms with Crippen LogP contribution in [-0.4, -0.2) is 45.6 Å². The van der Waals surface area contributed by atoms with E-state index in [-0.39, 0.29) is 12.0 Å². The molecule has 1 amide bonds. The third-order valence-electron chi connectivity index (χ3n) is 5.95. The minimum Gasteiger partial charge on any atom is -0.494 e. The molecule has 0 saturated carbocycles. The van der Waals surface area contributed by atoms with Gasteiger partial charge in [0.1, 0.15) is 10.1 Å². The normalized spacial score (nSPS) is 19.8. The molecule has 2 aromatic carbocycles. The lowest BCUT2D eigenvalue weighted by molar-refractivity contribution is -0.123. The minimum absolute atomic E-state index is 0.0198. The molecule has 0 N–H and O–H groups in total. The van der Waals surface area contributed by atoms with Crippen LogP contribution in [0.25, 0.3) is 17.0 Å². The van der Waals surface area contributed by atoms with Gasteiger partial charge in [0, 0.05) is 35.8 Å². The number of nitrogens with zero attached hydrogens (tertiary/aromatic N) is 2. The summed E-state index contributed by atoms with van der Waals surface area (Å²) in [6, 6.07) is 18.2. The van der Waals surface area contributed by atoms with Gasteiger partial charge in [-0.15, -0.1) is 0 Å².